The molecule has 0 radical (unpaired) electrons. The standard InChI is InChI=1S/C16H15N5O2/c1-10-12-9-20(7-5-13(12)19-18-10)15(22)11-8-17-14-4-2-3-6-21(14)16(11)23/h2-4,6,8H,5,7,9H2,1H3,(H,18,19). The van der Waals surface area contributed by atoms with Crippen molar-refractivity contribution < 1.29 is 4.79 Å². The zero-order chi connectivity index (χ0) is 16.0. The predicted molar refractivity (Wildman–Crippen MR) is 83.2 cm³/mol. The Hall–Kier alpha value is -2.96. The molecule has 3 aromatic heterocycles. The highest BCUT2D eigenvalue weighted by atomic mass is 16.2. The summed E-state index contributed by atoms with van der Waals surface area (Å²) in [5, 5.41) is 7.19. The third-order valence-corrected chi connectivity index (χ3v) is 4.26. The van der Waals surface area contributed by atoms with Gasteiger partial charge in [0.05, 0.1) is 5.69 Å². The van der Waals surface area contributed by atoms with Crippen LogP contribution >= 0.6 is 0 Å². The van der Waals surface area contributed by atoms with Crippen molar-refractivity contribution in [2.45, 2.75) is 19.9 Å². The summed E-state index contributed by atoms with van der Waals surface area (Å²) in [6.07, 6.45) is 3.68. The Bertz CT molecular complexity index is 972. The number of hydrogen-bond donors (Lipinski definition) is 1. The number of carbonyl (C=O) groups is 1. The van der Waals surface area contributed by atoms with Crippen LogP contribution < -0.4 is 5.56 Å². The summed E-state index contributed by atoms with van der Waals surface area (Å²) >= 11 is 0. The number of nitrogens with one attached hydrogen (secondary N) is 1. The average Bonchev–Trinajstić information content (AvgIpc) is 2.95. The van der Waals surface area contributed by atoms with E-state index in [0.29, 0.717) is 25.2 Å². The maximum Gasteiger partial charge on any atom is 0.270 e. The van der Waals surface area contributed by atoms with E-state index < -0.39 is 0 Å². The molecule has 116 valence electrons. The molecule has 3 aromatic rings. The zero-order valence-corrected chi connectivity index (χ0v) is 12.6. The Balaban J connectivity index is 1.72. The molecule has 0 spiro atoms. The van der Waals surface area contributed by atoms with E-state index in [1.807, 2.05) is 6.92 Å². The highest BCUT2D eigenvalue weighted by Crippen LogP contribution is 2.20. The summed E-state index contributed by atoms with van der Waals surface area (Å²) < 4.78 is 1.39. The molecule has 0 aromatic carbocycles. The van der Waals surface area contributed by atoms with Crippen LogP contribution in [0.5, 0.6) is 0 Å². The molecule has 0 saturated carbocycles. The van der Waals surface area contributed by atoms with Crippen molar-refractivity contribution >= 4 is 11.6 Å². The summed E-state index contributed by atoms with van der Waals surface area (Å²) in [4.78, 5) is 31.2. The highest BCUT2D eigenvalue weighted by Gasteiger charge is 2.26. The van der Waals surface area contributed by atoms with Gasteiger partial charge in [-0.25, -0.2) is 4.98 Å². The van der Waals surface area contributed by atoms with Crippen molar-refractivity contribution in [2.24, 2.45) is 0 Å². The van der Waals surface area contributed by atoms with Gasteiger partial charge in [0.1, 0.15) is 11.2 Å². The number of rotatable bonds is 1. The van der Waals surface area contributed by atoms with E-state index in [1.54, 1.807) is 29.3 Å². The molecule has 1 aliphatic heterocycles. The van der Waals surface area contributed by atoms with E-state index in [0.717, 1.165) is 17.0 Å². The number of carbonyl (C=O) groups excluding carboxylic acids is 1. The number of H-pyrrole nitrogens is 1. The van der Waals surface area contributed by atoms with Gasteiger partial charge >= 0.3 is 0 Å². The summed E-state index contributed by atoms with van der Waals surface area (Å²) in [5.41, 5.74) is 3.29. The molecule has 23 heavy (non-hydrogen) atoms. The Morgan fingerprint density at radius 1 is 1.35 bits per heavy atom. The number of aromatic nitrogens is 4. The zero-order valence-electron chi connectivity index (χ0n) is 12.6. The predicted octanol–water partition coefficient (Wildman–Crippen LogP) is 0.925. The Kier molecular flexibility index (Phi) is 3.00. The average molecular weight is 309 g/mol. The van der Waals surface area contributed by atoms with Crippen molar-refractivity contribution in [3.63, 3.8) is 0 Å². The van der Waals surface area contributed by atoms with E-state index in [4.69, 9.17) is 0 Å². The first kappa shape index (κ1) is 13.7. The lowest BCUT2D eigenvalue weighted by Crippen LogP contribution is -2.39. The second-order valence-corrected chi connectivity index (χ2v) is 5.66. The van der Waals surface area contributed by atoms with Crippen molar-refractivity contribution in [3.05, 3.63) is 63.5 Å². The van der Waals surface area contributed by atoms with Gasteiger partial charge in [-0.1, -0.05) is 6.07 Å². The van der Waals surface area contributed by atoms with Gasteiger partial charge in [0.2, 0.25) is 0 Å². The van der Waals surface area contributed by atoms with Gasteiger partial charge in [0.15, 0.2) is 0 Å². The lowest BCUT2D eigenvalue weighted by molar-refractivity contribution is 0.0731. The largest absolute Gasteiger partial charge is 0.334 e. The van der Waals surface area contributed by atoms with Gasteiger partial charge in [-0.15, -0.1) is 0 Å². The molecule has 1 amide bonds. The van der Waals surface area contributed by atoms with Crippen molar-refractivity contribution in [2.75, 3.05) is 6.54 Å². The Morgan fingerprint density at radius 2 is 2.22 bits per heavy atom. The van der Waals surface area contributed by atoms with Gasteiger partial charge in [-0.05, 0) is 19.1 Å². The first-order chi connectivity index (χ1) is 11.1. The summed E-state index contributed by atoms with van der Waals surface area (Å²) in [6.45, 7) is 2.95. The second-order valence-electron chi connectivity index (χ2n) is 5.66. The van der Waals surface area contributed by atoms with Crippen molar-refractivity contribution in [1.82, 2.24) is 24.5 Å². The number of aryl methyl sites for hydroxylation is 1. The SMILES string of the molecule is Cc1[nH]nc2c1CN(C(=O)c1cnc3ccccn3c1=O)CC2. The van der Waals surface area contributed by atoms with E-state index >= 15 is 0 Å². The molecule has 7 nitrogen and oxygen atoms in total. The Labute approximate surface area is 131 Å². The minimum Gasteiger partial charge on any atom is -0.334 e. The number of nitrogens with zero attached hydrogens (tertiary/aromatic N) is 4. The van der Waals surface area contributed by atoms with Gasteiger partial charge in [0.25, 0.3) is 11.5 Å². The maximum atomic E-state index is 12.7. The molecule has 4 rings (SSSR count). The number of hydrogen-bond acceptors (Lipinski definition) is 4. The second kappa shape index (κ2) is 5.05. The minimum absolute atomic E-state index is 0.0956. The minimum atomic E-state index is -0.338. The molecular weight excluding hydrogens is 294 g/mol. The molecule has 4 heterocycles. The topological polar surface area (TPSA) is 83.4 Å². The van der Waals surface area contributed by atoms with Gasteiger partial charge in [-0.3, -0.25) is 19.1 Å². The van der Waals surface area contributed by atoms with Crippen LogP contribution in [-0.2, 0) is 13.0 Å². The van der Waals surface area contributed by atoms with Crippen LogP contribution in [0.25, 0.3) is 5.65 Å². The summed E-state index contributed by atoms with van der Waals surface area (Å²) in [6, 6.07) is 5.28. The smallest absolute Gasteiger partial charge is 0.270 e. The fourth-order valence-corrected chi connectivity index (χ4v) is 2.95. The maximum absolute atomic E-state index is 12.7. The van der Waals surface area contributed by atoms with Crippen LogP contribution in [0, 0.1) is 6.92 Å². The van der Waals surface area contributed by atoms with E-state index in [2.05, 4.69) is 15.2 Å². The summed E-state index contributed by atoms with van der Waals surface area (Å²) in [5.74, 6) is -0.285. The first-order valence-electron chi connectivity index (χ1n) is 7.43. The number of pyridine rings is 1. The van der Waals surface area contributed by atoms with Crippen LogP contribution in [0.15, 0.2) is 35.4 Å². The molecule has 0 saturated heterocycles. The van der Waals surface area contributed by atoms with Gasteiger partial charge < -0.3 is 4.90 Å². The lowest BCUT2D eigenvalue weighted by Gasteiger charge is -2.26. The van der Waals surface area contributed by atoms with Crippen LogP contribution in [-0.4, -0.2) is 36.9 Å². The van der Waals surface area contributed by atoms with E-state index in [1.165, 1.54) is 10.6 Å². The van der Waals surface area contributed by atoms with Gasteiger partial charge in [-0.2, -0.15) is 5.10 Å². The monoisotopic (exact) mass is 309 g/mol. The third-order valence-electron chi connectivity index (χ3n) is 4.26. The molecule has 1 aliphatic rings. The number of fused-ring (bicyclic) bond motifs is 2. The first-order valence-corrected chi connectivity index (χ1v) is 7.43. The normalized spacial score (nSPS) is 14.0. The van der Waals surface area contributed by atoms with Crippen molar-refractivity contribution in [3.8, 4) is 0 Å². The molecular formula is C16H15N5O2. The van der Waals surface area contributed by atoms with Crippen LogP contribution in [0.2, 0.25) is 0 Å². The number of aromatic amines is 1. The summed E-state index contributed by atoms with van der Waals surface area (Å²) in [7, 11) is 0. The number of amides is 1. The van der Waals surface area contributed by atoms with Gasteiger partial charge in [0, 0.05) is 43.2 Å². The molecule has 0 unspecified atom stereocenters. The van der Waals surface area contributed by atoms with E-state index in [-0.39, 0.29) is 17.0 Å². The van der Waals surface area contributed by atoms with E-state index in [9.17, 15) is 9.59 Å². The quantitative estimate of drug-likeness (QED) is 0.724. The lowest BCUT2D eigenvalue weighted by atomic mass is 10.1. The molecule has 0 atom stereocenters. The molecule has 0 fully saturated rings. The van der Waals surface area contributed by atoms with Crippen LogP contribution in [0.1, 0.15) is 27.3 Å². The third kappa shape index (κ3) is 2.12. The fraction of sp³-hybridized carbons (Fsp3) is 0.250. The molecule has 1 N–H and O–H groups in total. The molecule has 0 bridgehead atoms. The molecule has 7 heteroatoms. The van der Waals surface area contributed by atoms with Crippen molar-refractivity contribution in [1.29, 1.82) is 0 Å². The fourth-order valence-electron chi connectivity index (χ4n) is 2.95. The van der Waals surface area contributed by atoms with Crippen LogP contribution in [0.3, 0.4) is 0 Å². The Morgan fingerprint density at radius 3 is 3.09 bits per heavy atom. The molecule has 0 aliphatic carbocycles. The van der Waals surface area contributed by atoms with Crippen LogP contribution in [0.4, 0.5) is 0 Å². The highest BCUT2D eigenvalue weighted by molar-refractivity contribution is 5.93.